The molecule has 8 heteroatoms. The maximum Gasteiger partial charge on any atom is 0.225 e. The van der Waals surface area contributed by atoms with Crippen molar-refractivity contribution in [2.24, 2.45) is 0 Å². The third-order valence-corrected chi connectivity index (χ3v) is 4.99. The van der Waals surface area contributed by atoms with Gasteiger partial charge in [0.1, 0.15) is 12.7 Å². The molecule has 3 rings (SSSR count). The second kappa shape index (κ2) is 6.53. The molecule has 2 aromatic rings. The van der Waals surface area contributed by atoms with Crippen LogP contribution in [-0.2, 0) is 17.9 Å². The van der Waals surface area contributed by atoms with E-state index in [0.29, 0.717) is 6.04 Å². The highest BCUT2D eigenvalue weighted by molar-refractivity contribution is 7.14. The van der Waals surface area contributed by atoms with Crippen molar-refractivity contribution < 1.29 is 4.79 Å². The summed E-state index contributed by atoms with van der Waals surface area (Å²) in [6, 6.07) is 0.470. The van der Waals surface area contributed by atoms with Crippen LogP contribution >= 0.6 is 11.3 Å². The number of hydrogen-bond acceptors (Lipinski definition) is 6. The Morgan fingerprint density at radius 2 is 2.41 bits per heavy atom. The normalized spacial score (nSPS) is 18.7. The molecule has 1 saturated heterocycles. The fraction of sp³-hybridized carbons (Fsp3) is 0.571. The largest absolute Gasteiger partial charge is 0.293 e. The number of likely N-dealkylation sites (tertiary alicyclic amines) is 1. The van der Waals surface area contributed by atoms with Crippen LogP contribution in [-0.4, -0.2) is 50.2 Å². The maximum atomic E-state index is 11.4. The van der Waals surface area contributed by atoms with Crippen molar-refractivity contribution in [3.05, 3.63) is 23.7 Å². The van der Waals surface area contributed by atoms with E-state index in [4.69, 9.17) is 0 Å². The topological polar surface area (TPSA) is 67.2 Å². The molecule has 1 unspecified atom stereocenters. The van der Waals surface area contributed by atoms with Crippen LogP contribution in [0.5, 0.6) is 0 Å². The zero-order valence-corrected chi connectivity index (χ0v) is 13.7. The molecule has 1 atom stereocenters. The van der Waals surface area contributed by atoms with Crippen molar-refractivity contribution in [1.82, 2.24) is 24.6 Å². The van der Waals surface area contributed by atoms with E-state index in [0.717, 1.165) is 30.5 Å². The first-order chi connectivity index (χ1) is 10.6. The highest BCUT2D eigenvalue weighted by Gasteiger charge is 2.26. The summed E-state index contributed by atoms with van der Waals surface area (Å²) in [6.07, 6.45) is 5.71. The summed E-state index contributed by atoms with van der Waals surface area (Å²) in [6.45, 7) is 4.32. The van der Waals surface area contributed by atoms with Crippen molar-refractivity contribution in [2.45, 2.75) is 38.9 Å². The van der Waals surface area contributed by atoms with Crippen LogP contribution in [0.1, 0.15) is 25.5 Å². The third-order valence-electron chi connectivity index (χ3n) is 4.03. The molecule has 0 aromatic carbocycles. The standard InChI is InChI=1S/C14H20N6OS/c1-11(21)18(2)14-17-12(8-22-14)6-19-5-3-4-13(19)7-20-10-15-9-16-20/h8-10,13H,3-7H2,1-2H3. The lowest BCUT2D eigenvalue weighted by atomic mass is 10.2. The van der Waals surface area contributed by atoms with E-state index in [1.54, 1.807) is 31.5 Å². The number of hydrogen-bond donors (Lipinski definition) is 0. The predicted molar refractivity (Wildman–Crippen MR) is 84.7 cm³/mol. The number of nitrogens with zero attached hydrogens (tertiary/aromatic N) is 6. The van der Waals surface area contributed by atoms with Crippen LogP contribution in [0.3, 0.4) is 0 Å². The lowest BCUT2D eigenvalue weighted by Gasteiger charge is -2.23. The summed E-state index contributed by atoms with van der Waals surface area (Å²) in [5.41, 5.74) is 1.03. The molecule has 2 aromatic heterocycles. The van der Waals surface area contributed by atoms with Gasteiger partial charge in [0.2, 0.25) is 5.91 Å². The number of aromatic nitrogens is 4. The highest BCUT2D eigenvalue weighted by atomic mass is 32.1. The second-order valence-electron chi connectivity index (χ2n) is 5.58. The summed E-state index contributed by atoms with van der Waals surface area (Å²) in [4.78, 5) is 24.0. The molecule has 1 aliphatic heterocycles. The molecule has 3 heterocycles. The Balaban J connectivity index is 1.63. The quantitative estimate of drug-likeness (QED) is 0.832. The average Bonchev–Trinajstić information content (AvgIpc) is 3.22. The van der Waals surface area contributed by atoms with E-state index in [2.05, 4.69) is 20.0 Å². The van der Waals surface area contributed by atoms with Crippen LogP contribution in [0.4, 0.5) is 5.13 Å². The fourth-order valence-corrected chi connectivity index (χ4v) is 3.54. The molecule has 0 aliphatic carbocycles. The molecule has 0 spiro atoms. The number of carbonyl (C=O) groups is 1. The van der Waals surface area contributed by atoms with Gasteiger partial charge in [0.05, 0.1) is 12.2 Å². The van der Waals surface area contributed by atoms with E-state index >= 15 is 0 Å². The molecular formula is C14H20N6OS. The molecule has 1 aliphatic rings. The van der Waals surface area contributed by atoms with Crippen LogP contribution in [0.25, 0.3) is 0 Å². The van der Waals surface area contributed by atoms with Crippen LogP contribution in [0.15, 0.2) is 18.0 Å². The molecule has 1 amide bonds. The van der Waals surface area contributed by atoms with Gasteiger partial charge in [-0.15, -0.1) is 11.3 Å². The van der Waals surface area contributed by atoms with Gasteiger partial charge in [0, 0.05) is 31.9 Å². The Kier molecular flexibility index (Phi) is 4.49. The smallest absolute Gasteiger partial charge is 0.225 e. The summed E-state index contributed by atoms with van der Waals surface area (Å²) >= 11 is 1.52. The number of thiazole rings is 1. The van der Waals surface area contributed by atoms with Gasteiger partial charge in [-0.2, -0.15) is 5.10 Å². The first kappa shape index (κ1) is 15.1. The summed E-state index contributed by atoms with van der Waals surface area (Å²) in [5, 5.41) is 6.99. The third kappa shape index (κ3) is 3.33. The van der Waals surface area contributed by atoms with E-state index < -0.39 is 0 Å². The van der Waals surface area contributed by atoms with Gasteiger partial charge in [0.25, 0.3) is 0 Å². The Labute approximate surface area is 133 Å². The second-order valence-corrected chi connectivity index (χ2v) is 6.42. The molecule has 7 nitrogen and oxygen atoms in total. The molecule has 0 saturated carbocycles. The van der Waals surface area contributed by atoms with Gasteiger partial charge in [-0.1, -0.05) is 0 Å². The zero-order chi connectivity index (χ0) is 15.5. The number of rotatable bonds is 5. The van der Waals surface area contributed by atoms with E-state index in [-0.39, 0.29) is 5.91 Å². The average molecular weight is 320 g/mol. The Morgan fingerprint density at radius 1 is 1.55 bits per heavy atom. The number of amides is 1. The number of carbonyl (C=O) groups excluding carboxylic acids is 1. The summed E-state index contributed by atoms with van der Waals surface area (Å²) < 4.78 is 1.89. The number of anilines is 1. The maximum absolute atomic E-state index is 11.4. The molecule has 118 valence electrons. The highest BCUT2D eigenvalue weighted by Crippen LogP contribution is 2.24. The summed E-state index contributed by atoms with van der Waals surface area (Å²) in [5.74, 6) is 0.00568. The van der Waals surface area contributed by atoms with Crippen molar-refractivity contribution in [2.75, 3.05) is 18.5 Å². The van der Waals surface area contributed by atoms with Gasteiger partial charge in [-0.05, 0) is 19.4 Å². The minimum Gasteiger partial charge on any atom is -0.293 e. The molecule has 0 radical (unpaired) electrons. The first-order valence-electron chi connectivity index (χ1n) is 7.38. The van der Waals surface area contributed by atoms with Crippen molar-refractivity contribution in [1.29, 1.82) is 0 Å². The van der Waals surface area contributed by atoms with Crippen LogP contribution in [0.2, 0.25) is 0 Å². The van der Waals surface area contributed by atoms with Gasteiger partial charge < -0.3 is 0 Å². The lowest BCUT2D eigenvalue weighted by Crippen LogP contribution is -2.32. The Hall–Kier alpha value is -1.80. The van der Waals surface area contributed by atoms with E-state index in [9.17, 15) is 4.79 Å². The van der Waals surface area contributed by atoms with Crippen molar-refractivity contribution in [3.8, 4) is 0 Å². The van der Waals surface area contributed by atoms with E-state index in [1.807, 2.05) is 10.1 Å². The van der Waals surface area contributed by atoms with Gasteiger partial charge in [-0.25, -0.2) is 9.97 Å². The first-order valence-corrected chi connectivity index (χ1v) is 8.26. The Morgan fingerprint density at radius 3 is 3.14 bits per heavy atom. The summed E-state index contributed by atoms with van der Waals surface area (Å²) in [7, 11) is 1.76. The fourth-order valence-electron chi connectivity index (χ4n) is 2.72. The monoisotopic (exact) mass is 320 g/mol. The van der Waals surface area contributed by atoms with E-state index in [1.165, 1.54) is 24.2 Å². The molecular weight excluding hydrogens is 300 g/mol. The lowest BCUT2D eigenvalue weighted by molar-refractivity contribution is -0.116. The van der Waals surface area contributed by atoms with Gasteiger partial charge in [0.15, 0.2) is 5.13 Å². The molecule has 22 heavy (non-hydrogen) atoms. The van der Waals surface area contributed by atoms with Crippen LogP contribution in [0, 0.1) is 0 Å². The minimum absolute atomic E-state index is 0.00568. The van der Waals surface area contributed by atoms with Gasteiger partial charge >= 0.3 is 0 Å². The SMILES string of the molecule is CC(=O)N(C)c1nc(CN2CCCC2Cn2cncn2)cs1. The van der Waals surface area contributed by atoms with Gasteiger partial charge in [-0.3, -0.25) is 19.3 Å². The minimum atomic E-state index is 0.00568. The molecule has 0 bridgehead atoms. The molecule has 1 fully saturated rings. The van der Waals surface area contributed by atoms with Crippen LogP contribution < -0.4 is 4.90 Å². The molecule has 0 N–H and O–H groups in total. The Bertz CT molecular complexity index is 625. The zero-order valence-electron chi connectivity index (χ0n) is 12.8. The predicted octanol–water partition coefficient (Wildman–Crippen LogP) is 1.38. The van der Waals surface area contributed by atoms with Crippen molar-refractivity contribution >= 4 is 22.4 Å². The van der Waals surface area contributed by atoms with Crippen molar-refractivity contribution in [3.63, 3.8) is 0 Å².